The number of nitrogens with zero attached hydrogens (tertiary/aromatic N) is 2. The van der Waals surface area contributed by atoms with Crippen LogP contribution in [0.15, 0.2) is 0 Å². The number of thiocarbonyl (C=S) groups is 1. The van der Waals surface area contributed by atoms with E-state index in [0.717, 1.165) is 11.3 Å². The summed E-state index contributed by atoms with van der Waals surface area (Å²) in [7, 11) is 0. The van der Waals surface area contributed by atoms with E-state index in [2.05, 4.69) is 22.4 Å². The zero-order valence-electron chi connectivity index (χ0n) is 7.05. The number of halogens is 3. The van der Waals surface area contributed by atoms with Gasteiger partial charge in [0.05, 0.1) is 0 Å². The van der Waals surface area contributed by atoms with Crippen LogP contribution in [-0.4, -0.2) is 21.4 Å². The molecule has 0 radical (unpaired) electrons. The van der Waals surface area contributed by atoms with Crippen LogP contribution in [0.25, 0.3) is 0 Å². The Hall–Kier alpha value is -0.760. The molecule has 14 heavy (non-hydrogen) atoms. The van der Waals surface area contributed by atoms with E-state index in [9.17, 15) is 13.2 Å². The minimum Gasteiger partial charge on any atom is -0.317 e. The fraction of sp³-hybridized carbons (Fsp3) is 0.500. The second kappa shape index (κ2) is 4.18. The molecule has 0 unspecified atom stereocenters. The van der Waals surface area contributed by atoms with Crippen LogP contribution in [-0.2, 0) is 6.42 Å². The van der Waals surface area contributed by atoms with Crippen molar-refractivity contribution >= 4 is 33.7 Å². The lowest BCUT2D eigenvalue weighted by Crippen LogP contribution is -2.27. The molecule has 0 bridgehead atoms. The third kappa shape index (κ3) is 2.88. The van der Waals surface area contributed by atoms with Gasteiger partial charge in [0, 0.05) is 0 Å². The standard InChI is InChI=1S/C6H6F3N3S2/c1-2-3-11-12-5(14-3)10-4(13)6(7,8)9/h2H2,1H3,(H,10,12,13). The quantitative estimate of drug-likeness (QED) is 0.807. The summed E-state index contributed by atoms with van der Waals surface area (Å²) in [5.41, 5.74) is 0. The summed E-state index contributed by atoms with van der Waals surface area (Å²) in [5, 5.41) is 9.88. The van der Waals surface area contributed by atoms with Crippen LogP contribution in [0.5, 0.6) is 0 Å². The van der Waals surface area contributed by atoms with E-state index in [1.807, 2.05) is 12.2 Å². The number of aryl methyl sites for hydroxylation is 1. The molecule has 78 valence electrons. The monoisotopic (exact) mass is 241 g/mol. The molecule has 0 aliphatic heterocycles. The Kier molecular flexibility index (Phi) is 3.38. The smallest absolute Gasteiger partial charge is 0.317 e. The van der Waals surface area contributed by atoms with Crippen molar-refractivity contribution in [2.75, 3.05) is 5.32 Å². The van der Waals surface area contributed by atoms with Crippen molar-refractivity contribution in [2.24, 2.45) is 0 Å². The van der Waals surface area contributed by atoms with E-state index >= 15 is 0 Å². The molecule has 0 fully saturated rings. The van der Waals surface area contributed by atoms with Gasteiger partial charge in [0.25, 0.3) is 0 Å². The number of aromatic nitrogens is 2. The third-order valence-electron chi connectivity index (χ3n) is 1.25. The molecular weight excluding hydrogens is 235 g/mol. The van der Waals surface area contributed by atoms with Crippen LogP contribution in [0.4, 0.5) is 18.3 Å². The first-order valence-corrected chi connectivity index (χ1v) is 4.86. The first-order valence-electron chi connectivity index (χ1n) is 3.64. The lowest BCUT2D eigenvalue weighted by molar-refractivity contribution is -0.0562. The molecule has 3 nitrogen and oxygen atoms in total. The Balaban J connectivity index is 2.65. The average Bonchev–Trinajstić information content (AvgIpc) is 2.50. The summed E-state index contributed by atoms with van der Waals surface area (Å²) >= 11 is 5.18. The average molecular weight is 241 g/mol. The number of hydrogen-bond acceptors (Lipinski definition) is 4. The van der Waals surface area contributed by atoms with Gasteiger partial charge in [-0.1, -0.05) is 30.5 Å². The summed E-state index contributed by atoms with van der Waals surface area (Å²) in [6.07, 6.45) is -3.88. The lowest BCUT2D eigenvalue weighted by Gasteiger charge is -2.06. The number of alkyl halides is 3. The Morgan fingerprint density at radius 2 is 2.14 bits per heavy atom. The minimum absolute atomic E-state index is 0.0733. The summed E-state index contributed by atoms with van der Waals surface area (Å²) in [4.78, 5) is -1.20. The summed E-state index contributed by atoms with van der Waals surface area (Å²) < 4.78 is 35.9. The van der Waals surface area contributed by atoms with Gasteiger partial charge >= 0.3 is 6.18 Å². The van der Waals surface area contributed by atoms with Crippen molar-refractivity contribution in [1.82, 2.24) is 10.2 Å². The largest absolute Gasteiger partial charge is 0.441 e. The molecule has 0 aliphatic rings. The van der Waals surface area contributed by atoms with E-state index in [4.69, 9.17) is 0 Å². The Bertz CT molecular complexity index is 333. The van der Waals surface area contributed by atoms with Gasteiger partial charge in [-0.15, -0.1) is 10.2 Å². The number of nitrogens with one attached hydrogen (secondary N) is 1. The Morgan fingerprint density at radius 3 is 2.57 bits per heavy atom. The van der Waals surface area contributed by atoms with Crippen LogP contribution in [0.3, 0.4) is 0 Å². The fourth-order valence-electron chi connectivity index (χ4n) is 0.615. The van der Waals surface area contributed by atoms with Crippen LogP contribution in [0.2, 0.25) is 0 Å². The molecule has 1 rings (SSSR count). The molecule has 1 heterocycles. The SMILES string of the molecule is CCc1nnc(NC(=S)C(F)(F)F)s1. The lowest BCUT2D eigenvalue weighted by atomic mass is 10.5. The Morgan fingerprint density at radius 1 is 1.50 bits per heavy atom. The van der Waals surface area contributed by atoms with Gasteiger partial charge in [-0.05, 0) is 6.42 Å². The summed E-state index contributed by atoms with van der Waals surface area (Å²) in [6.45, 7) is 1.84. The second-order valence-electron chi connectivity index (χ2n) is 2.31. The predicted octanol–water partition coefficient (Wildman–Crippen LogP) is 2.40. The van der Waals surface area contributed by atoms with Crippen molar-refractivity contribution < 1.29 is 13.2 Å². The van der Waals surface area contributed by atoms with Crippen LogP contribution < -0.4 is 5.32 Å². The third-order valence-corrected chi connectivity index (χ3v) is 2.56. The fourth-order valence-corrected chi connectivity index (χ4v) is 1.46. The molecule has 1 aromatic heterocycles. The number of rotatable bonds is 2. The molecule has 0 spiro atoms. The van der Waals surface area contributed by atoms with Gasteiger partial charge in [-0.2, -0.15) is 13.2 Å². The maximum absolute atomic E-state index is 12.0. The van der Waals surface area contributed by atoms with E-state index < -0.39 is 11.2 Å². The van der Waals surface area contributed by atoms with Gasteiger partial charge in [-0.25, -0.2) is 0 Å². The van der Waals surface area contributed by atoms with E-state index in [-0.39, 0.29) is 5.13 Å². The summed E-state index contributed by atoms with van der Waals surface area (Å²) in [6, 6.07) is 0. The maximum Gasteiger partial charge on any atom is 0.441 e. The highest BCUT2D eigenvalue weighted by molar-refractivity contribution is 7.80. The van der Waals surface area contributed by atoms with Crippen molar-refractivity contribution in [3.8, 4) is 0 Å². The predicted molar refractivity (Wildman–Crippen MR) is 51.6 cm³/mol. The van der Waals surface area contributed by atoms with Crippen molar-refractivity contribution in [1.29, 1.82) is 0 Å². The van der Waals surface area contributed by atoms with Crippen molar-refractivity contribution in [3.63, 3.8) is 0 Å². The van der Waals surface area contributed by atoms with Gasteiger partial charge in [-0.3, -0.25) is 0 Å². The molecule has 1 N–H and O–H groups in total. The minimum atomic E-state index is -4.52. The zero-order chi connectivity index (χ0) is 10.8. The molecule has 1 aromatic rings. The molecule has 0 amide bonds. The maximum atomic E-state index is 12.0. The normalized spacial score (nSPS) is 11.4. The topological polar surface area (TPSA) is 37.8 Å². The highest BCUT2D eigenvalue weighted by atomic mass is 32.1. The van der Waals surface area contributed by atoms with Gasteiger partial charge in [0.2, 0.25) is 5.13 Å². The number of anilines is 1. The molecule has 0 aliphatic carbocycles. The first kappa shape index (κ1) is 11.3. The highest BCUT2D eigenvalue weighted by Crippen LogP contribution is 2.21. The highest BCUT2D eigenvalue weighted by Gasteiger charge is 2.34. The zero-order valence-corrected chi connectivity index (χ0v) is 8.68. The molecule has 0 saturated heterocycles. The van der Waals surface area contributed by atoms with Crippen LogP contribution >= 0.6 is 23.6 Å². The molecule has 0 saturated carbocycles. The van der Waals surface area contributed by atoms with Gasteiger partial charge in [0.15, 0.2) is 4.99 Å². The number of hydrogen-bond donors (Lipinski definition) is 1. The van der Waals surface area contributed by atoms with Gasteiger partial charge in [0.1, 0.15) is 5.01 Å². The van der Waals surface area contributed by atoms with E-state index in [1.165, 1.54) is 0 Å². The van der Waals surface area contributed by atoms with Crippen LogP contribution in [0.1, 0.15) is 11.9 Å². The molecule has 0 atom stereocenters. The van der Waals surface area contributed by atoms with Crippen molar-refractivity contribution in [2.45, 2.75) is 19.5 Å². The van der Waals surface area contributed by atoms with Crippen LogP contribution in [0, 0.1) is 0 Å². The molecule has 8 heteroatoms. The van der Waals surface area contributed by atoms with Crippen molar-refractivity contribution in [3.05, 3.63) is 5.01 Å². The Labute approximate surface area is 87.3 Å². The van der Waals surface area contributed by atoms with Gasteiger partial charge < -0.3 is 5.32 Å². The second-order valence-corrected chi connectivity index (χ2v) is 3.78. The van der Waals surface area contributed by atoms with E-state index in [1.54, 1.807) is 0 Å². The molecule has 0 aromatic carbocycles. The molecular formula is C6H6F3N3S2. The first-order chi connectivity index (χ1) is 6.43. The van der Waals surface area contributed by atoms with E-state index in [0.29, 0.717) is 11.4 Å². The summed E-state index contributed by atoms with van der Waals surface area (Å²) in [5.74, 6) is 0.